The van der Waals surface area contributed by atoms with E-state index >= 15 is 0 Å². The predicted octanol–water partition coefficient (Wildman–Crippen LogP) is 4.51. The molecule has 2 aromatic rings. The smallest absolute Gasteiger partial charge is 0.239 e. The van der Waals surface area contributed by atoms with E-state index in [0.717, 1.165) is 55.0 Å². The third-order valence-corrected chi connectivity index (χ3v) is 8.04. The molecule has 2 atom stereocenters. The van der Waals surface area contributed by atoms with Crippen molar-refractivity contribution in [3.8, 4) is 0 Å². The number of hydrogen-bond acceptors (Lipinski definition) is 7. The molecule has 1 amide bonds. The Morgan fingerprint density at radius 2 is 1.84 bits per heavy atom. The number of carbonyl (C=O) groups excluding carboxylic acids is 1. The Kier molecular flexibility index (Phi) is 7.65. The van der Waals surface area contributed by atoms with E-state index in [1.165, 1.54) is 12.8 Å². The second-order valence-corrected chi connectivity index (χ2v) is 11.2. The molecule has 1 aromatic heterocycles. The van der Waals surface area contributed by atoms with Gasteiger partial charge in [-0.05, 0) is 73.4 Å². The van der Waals surface area contributed by atoms with Crippen LogP contribution in [0.3, 0.4) is 0 Å². The van der Waals surface area contributed by atoms with Gasteiger partial charge in [0.1, 0.15) is 0 Å². The molecule has 1 saturated carbocycles. The maximum Gasteiger partial charge on any atom is 0.239 e. The highest BCUT2D eigenvalue weighted by atomic mass is 16.3. The molecule has 1 aromatic carbocycles. The fourth-order valence-electron chi connectivity index (χ4n) is 6.06. The molecule has 8 nitrogen and oxygen atoms in total. The predicted molar refractivity (Wildman–Crippen MR) is 147 cm³/mol. The lowest BCUT2D eigenvalue weighted by atomic mass is 9.81. The van der Waals surface area contributed by atoms with Gasteiger partial charge in [0.05, 0.1) is 23.4 Å². The minimum atomic E-state index is -0.406. The average molecular weight is 505 g/mol. The summed E-state index contributed by atoms with van der Waals surface area (Å²) < 4.78 is 0. The summed E-state index contributed by atoms with van der Waals surface area (Å²) in [5.74, 6) is 1.96. The highest BCUT2D eigenvalue weighted by Crippen LogP contribution is 2.43. The first-order chi connectivity index (χ1) is 17.9. The zero-order chi connectivity index (χ0) is 25.9. The van der Waals surface area contributed by atoms with Gasteiger partial charge in [-0.2, -0.15) is 0 Å². The average Bonchev–Trinajstić information content (AvgIpc) is 3.43. The Labute approximate surface area is 220 Å². The van der Waals surface area contributed by atoms with E-state index in [9.17, 15) is 9.90 Å². The third kappa shape index (κ3) is 5.74. The third-order valence-electron chi connectivity index (χ3n) is 8.04. The van der Waals surface area contributed by atoms with Crippen LogP contribution in [0.15, 0.2) is 42.3 Å². The van der Waals surface area contributed by atoms with Crippen molar-refractivity contribution < 1.29 is 9.90 Å². The molecule has 2 heterocycles. The van der Waals surface area contributed by atoms with Gasteiger partial charge in [0, 0.05) is 43.8 Å². The summed E-state index contributed by atoms with van der Waals surface area (Å²) in [6, 6.07) is 7.87. The number of nitrogens with zero attached hydrogens (tertiary/aromatic N) is 4. The number of piperazine rings is 1. The van der Waals surface area contributed by atoms with E-state index < -0.39 is 6.04 Å². The van der Waals surface area contributed by atoms with E-state index in [0.29, 0.717) is 43.1 Å². The Morgan fingerprint density at radius 3 is 2.51 bits per heavy atom. The van der Waals surface area contributed by atoms with Gasteiger partial charge in [0.15, 0.2) is 0 Å². The van der Waals surface area contributed by atoms with Crippen molar-refractivity contribution in [2.24, 2.45) is 17.6 Å². The van der Waals surface area contributed by atoms with Crippen molar-refractivity contribution in [2.75, 3.05) is 36.4 Å². The number of amides is 1. The summed E-state index contributed by atoms with van der Waals surface area (Å²) in [5, 5.41) is 14.0. The number of allylic oxidation sites excluding steroid dienone is 2. The topological polar surface area (TPSA) is 108 Å². The van der Waals surface area contributed by atoms with Crippen LogP contribution >= 0.6 is 0 Å². The second-order valence-electron chi connectivity index (χ2n) is 11.2. The lowest BCUT2D eigenvalue weighted by Gasteiger charge is -2.37. The minimum Gasteiger partial charge on any atom is -0.512 e. The van der Waals surface area contributed by atoms with Gasteiger partial charge < -0.3 is 26.0 Å². The molecule has 198 valence electrons. The van der Waals surface area contributed by atoms with Crippen molar-refractivity contribution >= 4 is 23.2 Å². The van der Waals surface area contributed by atoms with E-state index in [1.54, 1.807) is 0 Å². The summed E-state index contributed by atoms with van der Waals surface area (Å²) in [6.07, 6.45) is 9.97. The molecule has 2 aliphatic carbocycles. The number of aliphatic hydroxyl groups is 1. The Balaban J connectivity index is 1.20. The minimum absolute atomic E-state index is 0.0114. The zero-order valence-corrected chi connectivity index (χ0v) is 22.1. The van der Waals surface area contributed by atoms with Crippen LogP contribution in [0.4, 0.5) is 17.3 Å². The van der Waals surface area contributed by atoms with Gasteiger partial charge in [0.2, 0.25) is 11.9 Å². The highest BCUT2D eigenvalue weighted by molar-refractivity contribution is 5.82. The van der Waals surface area contributed by atoms with E-state index in [1.807, 2.05) is 29.3 Å². The van der Waals surface area contributed by atoms with E-state index in [-0.39, 0.29) is 11.8 Å². The molecular weight excluding hydrogens is 464 g/mol. The van der Waals surface area contributed by atoms with Crippen LogP contribution in [0.25, 0.3) is 0 Å². The maximum absolute atomic E-state index is 12.6. The number of benzene rings is 1. The Morgan fingerprint density at radius 1 is 1.14 bits per heavy atom. The molecule has 0 bridgehead atoms. The molecule has 2 unspecified atom stereocenters. The molecule has 1 saturated heterocycles. The molecule has 5 rings (SSSR count). The number of anilines is 3. The number of hydrogen-bond donors (Lipinski definition) is 3. The summed E-state index contributed by atoms with van der Waals surface area (Å²) in [7, 11) is 0. The van der Waals surface area contributed by atoms with Crippen LogP contribution in [0.2, 0.25) is 0 Å². The SMILES string of the molecule is CC(C)CC(N)C(=O)N1CCN(c2ccc(Nc3ncc4c(n3)C(C3CCCC3)C(O)=CC4)cc2)CC1. The maximum atomic E-state index is 12.6. The zero-order valence-electron chi connectivity index (χ0n) is 22.1. The highest BCUT2D eigenvalue weighted by Gasteiger charge is 2.34. The number of aliphatic hydroxyl groups excluding tert-OH is 1. The van der Waals surface area contributed by atoms with E-state index in [4.69, 9.17) is 10.7 Å². The first kappa shape index (κ1) is 25.5. The van der Waals surface area contributed by atoms with Gasteiger partial charge in [-0.15, -0.1) is 0 Å². The van der Waals surface area contributed by atoms with Crippen LogP contribution in [0.5, 0.6) is 0 Å². The van der Waals surface area contributed by atoms with Crippen molar-refractivity contribution in [1.29, 1.82) is 0 Å². The van der Waals surface area contributed by atoms with Crippen molar-refractivity contribution in [2.45, 2.75) is 64.3 Å². The fourth-order valence-corrected chi connectivity index (χ4v) is 6.06. The molecular formula is C29H40N6O2. The quantitative estimate of drug-likeness (QED) is 0.509. The van der Waals surface area contributed by atoms with Crippen LogP contribution in [-0.4, -0.2) is 58.1 Å². The van der Waals surface area contributed by atoms with Crippen molar-refractivity contribution in [3.63, 3.8) is 0 Å². The van der Waals surface area contributed by atoms with Gasteiger partial charge in [-0.3, -0.25) is 4.79 Å². The van der Waals surface area contributed by atoms with Crippen LogP contribution < -0.4 is 16.0 Å². The van der Waals surface area contributed by atoms with Crippen LogP contribution in [0, 0.1) is 11.8 Å². The van der Waals surface area contributed by atoms with Crippen molar-refractivity contribution in [3.05, 3.63) is 53.6 Å². The normalized spacial score (nSPS) is 21.1. The van der Waals surface area contributed by atoms with Gasteiger partial charge in [-0.1, -0.05) is 26.7 Å². The molecule has 3 aliphatic rings. The Bertz CT molecular complexity index is 1120. The molecule has 4 N–H and O–H groups in total. The van der Waals surface area contributed by atoms with Gasteiger partial charge >= 0.3 is 0 Å². The summed E-state index contributed by atoms with van der Waals surface area (Å²) in [5.41, 5.74) is 10.3. The number of fused-ring (bicyclic) bond motifs is 1. The van der Waals surface area contributed by atoms with E-state index in [2.05, 4.69) is 41.2 Å². The van der Waals surface area contributed by atoms with Gasteiger partial charge in [-0.25, -0.2) is 9.97 Å². The number of rotatable bonds is 7. The molecule has 2 fully saturated rings. The monoisotopic (exact) mass is 504 g/mol. The second kappa shape index (κ2) is 11.1. The standard InChI is InChI=1S/C29H40N6O2/c1-19(2)17-24(30)28(37)35-15-13-34(14-16-35)23-10-8-22(9-11-23)32-29-31-18-21-7-12-25(36)26(27(21)33-29)20-5-3-4-6-20/h8-12,18-20,24,26,36H,3-7,13-17,30H2,1-2H3,(H,31,32,33). The number of nitrogens with two attached hydrogens (primary N) is 1. The largest absolute Gasteiger partial charge is 0.512 e. The molecule has 0 spiro atoms. The molecule has 8 heteroatoms. The van der Waals surface area contributed by atoms with Crippen LogP contribution in [0.1, 0.15) is 63.1 Å². The summed E-state index contributed by atoms with van der Waals surface area (Å²) in [4.78, 5) is 26.3. The van der Waals surface area contributed by atoms with Crippen LogP contribution in [-0.2, 0) is 11.2 Å². The summed E-state index contributed by atoms with van der Waals surface area (Å²) in [6.45, 7) is 7.16. The lowest BCUT2D eigenvalue weighted by molar-refractivity contribution is -0.133. The number of carbonyl (C=O) groups is 1. The first-order valence-electron chi connectivity index (χ1n) is 13.8. The first-order valence-corrected chi connectivity index (χ1v) is 13.8. The number of aromatic nitrogens is 2. The lowest BCUT2D eigenvalue weighted by Crippen LogP contribution is -2.53. The molecule has 1 aliphatic heterocycles. The summed E-state index contributed by atoms with van der Waals surface area (Å²) >= 11 is 0. The van der Waals surface area contributed by atoms with Gasteiger partial charge in [0.25, 0.3) is 0 Å². The molecule has 37 heavy (non-hydrogen) atoms. The Hall–Kier alpha value is -3.13. The number of nitrogens with one attached hydrogen (secondary N) is 1. The van der Waals surface area contributed by atoms with Crippen molar-refractivity contribution in [1.82, 2.24) is 14.9 Å². The molecule has 0 radical (unpaired) electrons. The fraction of sp³-hybridized carbons (Fsp3) is 0.552.